The van der Waals surface area contributed by atoms with Gasteiger partial charge in [0.15, 0.2) is 0 Å². The van der Waals surface area contributed by atoms with Crippen LogP contribution in [0.15, 0.2) is 38.0 Å². The van der Waals surface area contributed by atoms with Gasteiger partial charge in [-0.25, -0.2) is 14.4 Å². The lowest BCUT2D eigenvalue weighted by atomic mass is 9.97. The Morgan fingerprint density at radius 1 is 0.773 bits per heavy atom. The van der Waals surface area contributed by atoms with Gasteiger partial charge in [0, 0.05) is 23.6 Å². The first-order valence-corrected chi connectivity index (χ1v) is 5.71. The molecule has 128 valence electrons. The molecule has 0 aliphatic rings. The van der Waals surface area contributed by atoms with Crippen molar-refractivity contribution in [1.29, 1.82) is 0 Å². The van der Waals surface area contributed by atoms with Gasteiger partial charge in [0.2, 0.25) is 0 Å². The third-order valence-electron chi connectivity index (χ3n) is 1.38. The highest BCUT2D eigenvalue weighted by Crippen LogP contribution is 2.10. The van der Waals surface area contributed by atoms with E-state index < -0.39 is 17.9 Å². The number of aliphatic carboxylic acids is 3. The highest BCUT2D eigenvalue weighted by molar-refractivity contribution is 5.79. The van der Waals surface area contributed by atoms with Crippen LogP contribution in [0, 0.1) is 5.41 Å². The van der Waals surface area contributed by atoms with Crippen molar-refractivity contribution in [3.63, 3.8) is 0 Å². The van der Waals surface area contributed by atoms with Crippen LogP contribution in [0.25, 0.3) is 0 Å². The monoisotopic (exact) mass is 320 g/mol. The molecule has 5 N–H and O–H groups in total. The average molecular weight is 320 g/mol. The predicted molar refractivity (Wildman–Crippen MR) is 81.5 cm³/mol. The molecule has 0 aromatic heterocycles. The van der Waals surface area contributed by atoms with Crippen LogP contribution in [0.5, 0.6) is 0 Å². The van der Waals surface area contributed by atoms with Crippen LogP contribution in [0.1, 0.15) is 13.8 Å². The van der Waals surface area contributed by atoms with Crippen molar-refractivity contribution < 1.29 is 39.9 Å². The lowest BCUT2D eigenvalue weighted by Gasteiger charge is -2.16. The van der Waals surface area contributed by atoms with Crippen LogP contribution in [-0.2, 0) is 14.4 Å². The first-order valence-electron chi connectivity index (χ1n) is 5.71. The SMILES string of the molecule is C=CC(=O)O.C=CC(=O)O.C=CC(=O)O.CC(C)(CO)CO. The van der Waals surface area contributed by atoms with Crippen molar-refractivity contribution in [3.05, 3.63) is 38.0 Å². The van der Waals surface area contributed by atoms with E-state index in [0.717, 1.165) is 18.2 Å². The molecule has 0 saturated heterocycles. The number of carbonyl (C=O) groups is 3. The van der Waals surface area contributed by atoms with Gasteiger partial charge in [-0.05, 0) is 0 Å². The summed E-state index contributed by atoms with van der Waals surface area (Å²) in [6.45, 7) is 12.6. The van der Waals surface area contributed by atoms with E-state index in [1.54, 1.807) is 13.8 Å². The van der Waals surface area contributed by atoms with Gasteiger partial charge in [-0.3, -0.25) is 0 Å². The number of carboxylic acids is 3. The maximum Gasteiger partial charge on any atom is 0.327 e. The molecule has 0 unspecified atom stereocenters. The van der Waals surface area contributed by atoms with Crippen molar-refractivity contribution in [2.75, 3.05) is 13.2 Å². The lowest BCUT2D eigenvalue weighted by molar-refractivity contribution is -0.132. The van der Waals surface area contributed by atoms with E-state index in [2.05, 4.69) is 19.7 Å². The Balaban J connectivity index is -0.0000000995. The van der Waals surface area contributed by atoms with E-state index in [1.165, 1.54) is 0 Å². The Morgan fingerprint density at radius 2 is 0.909 bits per heavy atom. The van der Waals surface area contributed by atoms with Crippen LogP contribution >= 0.6 is 0 Å². The highest BCUT2D eigenvalue weighted by atomic mass is 16.4. The standard InChI is InChI=1S/C5H12O2.3C3H4O2/c1-5(2,3-6)4-7;3*1-2-3(4)5/h6-7H,3-4H2,1-2H3;3*2H,1H2,(H,4,5). The minimum Gasteiger partial charge on any atom is -0.478 e. The molecule has 0 fully saturated rings. The summed E-state index contributed by atoms with van der Waals surface area (Å²) in [7, 11) is 0. The molecule has 0 rings (SSSR count). The highest BCUT2D eigenvalue weighted by Gasteiger charge is 2.13. The fourth-order valence-electron chi connectivity index (χ4n) is 0.0500. The summed E-state index contributed by atoms with van der Waals surface area (Å²) in [6, 6.07) is 0. The number of aliphatic hydroxyl groups excluding tert-OH is 2. The van der Waals surface area contributed by atoms with Crippen molar-refractivity contribution in [2.45, 2.75) is 13.8 Å². The lowest BCUT2D eigenvalue weighted by Crippen LogP contribution is -2.20. The van der Waals surface area contributed by atoms with Gasteiger partial charge >= 0.3 is 17.9 Å². The Morgan fingerprint density at radius 3 is 0.909 bits per heavy atom. The third-order valence-corrected chi connectivity index (χ3v) is 1.38. The van der Waals surface area contributed by atoms with Crippen LogP contribution in [-0.4, -0.2) is 56.7 Å². The first kappa shape index (κ1) is 27.8. The topological polar surface area (TPSA) is 152 Å². The number of hydrogen-bond acceptors (Lipinski definition) is 5. The van der Waals surface area contributed by atoms with E-state index in [0.29, 0.717) is 0 Å². The molecule has 0 spiro atoms. The number of aliphatic hydroxyl groups is 2. The zero-order valence-electron chi connectivity index (χ0n) is 12.7. The molecule has 0 aliphatic heterocycles. The minimum absolute atomic E-state index is 0.0451. The van der Waals surface area contributed by atoms with Crippen LogP contribution in [0.4, 0.5) is 0 Å². The molecule has 0 atom stereocenters. The molecular weight excluding hydrogens is 296 g/mol. The Hall–Kier alpha value is -2.45. The molecule has 0 aromatic carbocycles. The fourth-order valence-corrected chi connectivity index (χ4v) is 0.0500. The predicted octanol–water partition coefficient (Wildman–Crippen LogP) is 0.768. The maximum atomic E-state index is 9.25. The quantitative estimate of drug-likeness (QED) is 0.466. The summed E-state index contributed by atoms with van der Waals surface area (Å²) < 4.78 is 0. The average Bonchev–Trinajstić information content (AvgIpc) is 2.48. The minimum atomic E-state index is -0.981. The van der Waals surface area contributed by atoms with Crippen molar-refractivity contribution in [3.8, 4) is 0 Å². The molecule has 0 bridgehead atoms. The van der Waals surface area contributed by atoms with Crippen LogP contribution in [0.3, 0.4) is 0 Å². The number of hydrogen-bond donors (Lipinski definition) is 5. The van der Waals surface area contributed by atoms with Gasteiger partial charge in [0.25, 0.3) is 0 Å². The van der Waals surface area contributed by atoms with E-state index in [-0.39, 0.29) is 18.6 Å². The smallest absolute Gasteiger partial charge is 0.327 e. The van der Waals surface area contributed by atoms with Crippen molar-refractivity contribution >= 4 is 17.9 Å². The summed E-state index contributed by atoms with van der Waals surface area (Å²) in [6.07, 6.45) is 2.50. The van der Waals surface area contributed by atoms with Crippen molar-refractivity contribution in [1.82, 2.24) is 0 Å². The molecule has 8 nitrogen and oxygen atoms in total. The second kappa shape index (κ2) is 18.6. The second-order valence-corrected chi connectivity index (χ2v) is 4.11. The van der Waals surface area contributed by atoms with Gasteiger partial charge in [-0.15, -0.1) is 0 Å². The molecular formula is C14H24O8. The Kier molecular flexibility index (Phi) is 23.5. The molecule has 22 heavy (non-hydrogen) atoms. The Labute approximate surface area is 129 Å². The largest absolute Gasteiger partial charge is 0.478 e. The zero-order chi connectivity index (χ0) is 18.8. The fraction of sp³-hybridized carbons (Fsp3) is 0.357. The molecule has 0 aromatic rings. The second-order valence-electron chi connectivity index (χ2n) is 4.11. The molecule has 0 radical (unpaired) electrons. The van der Waals surface area contributed by atoms with Gasteiger partial charge in [-0.2, -0.15) is 0 Å². The summed E-state index contributed by atoms with van der Waals surface area (Å²) in [5.41, 5.74) is -0.306. The molecule has 0 heterocycles. The van der Waals surface area contributed by atoms with Gasteiger partial charge in [-0.1, -0.05) is 33.6 Å². The normalized spacial score (nSPS) is 8.18. The van der Waals surface area contributed by atoms with E-state index in [9.17, 15) is 14.4 Å². The molecule has 8 heteroatoms. The molecule has 0 aliphatic carbocycles. The number of carboxylic acid groups (broad SMARTS) is 3. The number of rotatable bonds is 5. The van der Waals surface area contributed by atoms with Crippen LogP contribution < -0.4 is 0 Å². The maximum absolute atomic E-state index is 9.25. The van der Waals surface area contributed by atoms with Crippen LogP contribution in [0.2, 0.25) is 0 Å². The molecule has 0 saturated carbocycles. The van der Waals surface area contributed by atoms with Gasteiger partial charge in [0.05, 0.1) is 13.2 Å². The zero-order valence-corrected chi connectivity index (χ0v) is 12.7. The van der Waals surface area contributed by atoms with E-state index in [1.807, 2.05) is 0 Å². The van der Waals surface area contributed by atoms with E-state index >= 15 is 0 Å². The van der Waals surface area contributed by atoms with Gasteiger partial charge in [0.1, 0.15) is 0 Å². The third kappa shape index (κ3) is 52.7. The van der Waals surface area contributed by atoms with Crippen molar-refractivity contribution in [2.24, 2.45) is 5.41 Å². The summed E-state index contributed by atoms with van der Waals surface area (Å²) in [5, 5.41) is 39.7. The summed E-state index contributed by atoms with van der Waals surface area (Å²) >= 11 is 0. The summed E-state index contributed by atoms with van der Waals surface area (Å²) in [5.74, 6) is -2.94. The Bertz CT molecular complexity index is 309. The summed E-state index contributed by atoms with van der Waals surface area (Å²) in [4.78, 5) is 27.8. The van der Waals surface area contributed by atoms with Gasteiger partial charge < -0.3 is 25.5 Å². The molecule has 0 amide bonds. The van der Waals surface area contributed by atoms with E-state index in [4.69, 9.17) is 25.5 Å². The first-order chi connectivity index (χ1) is 9.93.